The number of carbonyl (C=O) groups is 1. The third kappa shape index (κ3) is 2.73. The lowest BCUT2D eigenvalue weighted by Gasteiger charge is -2.26. The van der Waals surface area contributed by atoms with Gasteiger partial charge in [0, 0.05) is 25.9 Å². The molecule has 7 nitrogen and oxygen atoms in total. The average molecular weight is 289 g/mol. The first-order valence-corrected chi connectivity index (χ1v) is 7.23. The standard InChI is InChI=1S/C14H19N5O2/c1-9(2)11-8-19(6-3-7-21-11)14(20)10-4-5-15-13-12(10)16-18-17-13/h4-5,9,11H,3,6-8H2,1-2H3,(H,15,16,17,18). The number of fused-ring (bicyclic) bond motifs is 1. The second-order valence-corrected chi connectivity index (χ2v) is 5.61. The van der Waals surface area contributed by atoms with E-state index < -0.39 is 0 Å². The van der Waals surface area contributed by atoms with Crippen LogP contribution in [0.2, 0.25) is 0 Å². The average Bonchev–Trinajstić information content (AvgIpc) is 2.81. The van der Waals surface area contributed by atoms with E-state index in [9.17, 15) is 4.79 Å². The molecule has 1 fully saturated rings. The zero-order valence-electron chi connectivity index (χ0n) is 12.2. The van der Waals surface area contributed by atoms with Crippen LogP contribution in [0.15, 0.2) is 12.3 Å². The Labute approximate surface area is 122 Å². The van der Waals surface area contributed by atoms with E-state index in [-0.39, 0.29) is 12.0 Å². The predicted molar refractivity (Wildman–Crippen MR) is 76.8 cm³/mol. The molecule has 0 aliphatic carbocycles. The third-order valence-corrected chi connectivity index (χ3v) is 3.79. The van der Waals surface area contributed by atoms with E-state index in [1.807, 2.05) is 4.90 Å². The van der Waals surface area contributed by atoms with Crippen LogP contribution in [0.5, 0.6) is 0 Å². The van der Waals surface area contributed by atoms with Crippen LogP contribution >= 0.6 is 0 Å². The Morgan fingerprint density at radius 1 is 1.48 bits per heavy atom. The van der Waals surface area contributed by atoms with Crippen molar-refractivity contribution < 1.29 is 9.53 Å². The normalized spacial score (nSPS) is 20.0. The molecule has 3 heterocycles. The van der Waals surface area contributed by atoms with Crippen molar-refractivity contribution in [2.24, 2.45) is 5.92 Å². The molecular formula is C14H19N5O2. The van der Waals surface area contributed by atoms with Gasteiger partial charge < -0.3 is 9.64 Å². The molecule has 1 N–H and O–H groups in total. The Hall–Kier alpha value is -2.02. The first-order chi connectivity index (χ1) is 10.2. The fraction of sp³-hybridized carbons (Fsp3) is 0.571. The number of nitrogens with one attached hydrogen (secondary N) is 1. The van der Waals surface area contributed by atoms with Crippen LogP contribution in [0.25, 0.3) is 11.2 Å². The van der Waals surface area contributed by atoms with Crippen molar-refractivity contribution in [2.75, 3.05) is 19.7 Å². The molecule has 21 heavy (non-hydrogen) atoms. The predicted octanol–water partition coefficient (Wildman–Crippen LogP) is 1.24. The van der Waals surface area contributed by atoms with E-state index in [0.29, 0.717) is 42.3 Å². The smallest absolute Gasteiger partial charge is 0.256 e. The molecule has 1 amide bonds. The molecule has 2 aromatic heterocycles. The van der Waals surface area contributed by atoms with Crippen molar-refractivity contribution in [3.8, 4) is 0 Å². The minimum Gasteiger partial charge on any atom is -0.376 e. The molecule has 0 spiro atoms. The summed E-state index contributed by atoms with van der Waals surface area (Å²) >= 11 is 0. The SMILES string of the molecule is CC(C)C1CN(C(=O)c2ccnc3n[nH]nc23)CCCO1. The zero-order chi connectivity index (χ0) is 14.8. The molecule has 1 aliphatic heterocycles. The van der Waals surface area contributed by atoms with Gasteiger partial charge in [-0.15, -0.1) is 5.10 Å². The van der Waals surface area contributed by atoms with Crippen LogP contribution in [-0.2, 0) is 4.74 Å². The number of nitrogens with zero attached hydrogens (tertiary/aromatic N) is 4. The molecule has 0 aromatic carbocycles. The van der Waals surface area contributed by atoms with Gasteiger partial charge in [0.15, 0.2) is 0 Å². The number of pyridine rings is 1. The lowest BCUT2D eigenvalue weighted by Crippen LogP contribution is -2.38. The van der Waals surface area contributed by atoms with Crippen LogP contribution in [0.3, 0.4) is 0 Å². The Bertz CT molecular complexity index is 639. The summed E-state index contributed by atoms with van der Waals surface area (Å²) in [6.07, 6.45) is 2.51. The maximum absolute atomic E-state index is 12.8. The van der Waals surface area contributed by atoms with Crippen molar-refractivity contribution in [3.05, 3.63) is 17.8 Å². The van der Waals surface area contributed by atoms with Gasteiger partial charge in [0.25, 0.3) is 5.91 Å². The number of hydrogen-bond donors (Lipinski definition) is 1. The molecule has 112 valence electrons. The largest absolute Gasteiger partial charge is 0.376 e. The molecular weight excluding hydrogens is 270 g/mol. The summed E-state index contributed by atoms with van der Waals surface area (Å²) in [5.41, 5.74) is 1.53. The van der Waals surface area contributed by atoms with Gasteiger partial charge in [0.1, 0.15) is 5.52 Å². The van der Waals surface area contributed by atoms with Crippen LogP contribution < -0.4 is 0 Å². The van der Waals surface area contributed by atoms with Gasteiger partial charge in [0.2, 0.25) is 5.65 Å². The van der Waals surface area contributed by atoms with Crippen molar-refractivity contribution in [1.29, 1.82) is 0 Å². The monoisotopic (exact) mass is 289 g/mol. The summed E-state index contributed by atoms with van der Waals surface area (Å²) in [6, 6.07) is 1.70. The summed E-state index contributed by atoms with van der Waals surface area (Å²) < 4.78 is 5.81. The highest BCUT2D eigenvalue weighted by molar-refractivity contribution is 6.03. The maximum Gasteiger partial charge on any atom is 0.256 e. The van der Waals surface area contributed by atoms with Crippen molar-refractivity contribution >= 4 is 17.1 Å². The minimum atomic E-state index is -0.0348. The number of H-pyrrole nitrogens is 1. The molecule has 3 rings (SSSR count). The topological polar surface area (TPSA) is 84.0 Å². The van der Waals surface area contributed by atoms with Crippen molar-refractivity contribution in [1.82, 2.24) is 25.3 Å². The molecule has 0 saturated carbocycles. The van der Waals surface area contributed by atoms with E-state index >= 15 is 0 Å². The fourth-order valence-electron chi connectivity index (χ4n) is 2.54. The maximum atomic E-state index is 12.8. The summed E-state index contributed by atoms with van der Waals surface area (Å²) in [4.78, 5) is 18.7. The Kier molecular flexibility index (Phi) is 3.83. The number of carbonyl (C=O) groups excluding carboxylic acids is 1. The first kappa shape index (κ1) is 13.9. The second-order valence-electron chi connectivity index (χ2n) is 5.61. The Morgan fingerprint density at radius 3 is 3.14 bits per heavy atom. The van der Waals surface area contributed by atoms with Gasteiger partial charge in [-0.3, -0.25) is 4.79 Å². The molecule has 7 heteroatoms. The van der Waals surface area contributed by atoms with Gasteiger partial charge in [0.05, 0.1) is 11.7 Å². The summed E-state index contributed by atoms with van der Waals surface area (Å²) in [6.45, 7) is 6.23. The first-order valence-electron chi connectivity index (χ1n) is 7.23. The summed E-state index contributed by atoms with van der Waals surface area (Å²) in [7, 11) is 0. The number of amides is 1. The molecule has 1 saturated heterocycles. The van der Waals surface area contributed by atoms with Gasteiger partial charge in [-0.1, -0.05) is 13.8 Å². The van der Waals surface area contributed by atoms with Crippen LogP contribution in [-0.4, -0.2) is 57.0 Å². The number of aromatic nitrogens is 4. The molecule has 1 unspecified atom stereocenters. The van der Waals surface area contributed by atoms with Crippen LogP contribution in [0.1, 0.15) is 30.6 Å². The van der Waals surface area contributed by atoms with Gasteiger partial charge in [-0.05, 0) is 18.4 Å². The highest BCUT2D eigenvalue weighted by Crippen LogP contribution is 2.18. The third-order valence-electron chi connectivity index (χ3n) is 3.79. The Morgan fingerprint density at radius 2 is 2.33 bits per heavy atom. The highest BCUT2D eigenvalue weighted by atomic mass is 16.5. The lowest BCUT2D eigenvalue weighted by molar-refractivity contribution is 0.0222. The molecule has 2 aromatic rings. The number of ether oxygens (including phenoxy) is 1. The highest BCUT2D eigenvalue weighted by Gasteiger charge is 2.26. The van der Waals surface area contributed by atoms with Gasteiger partial charge in [-0.2, -0.15) is 10.3 Å². The van der Waals surface area contributed by atoms with E-state index in [1.54, 1.807) is 12.3 Å². The van der Waals surface area contributed by atoms with E-state index in [0.717, 1.165) is 6.42 Å². The van der Waals surface area contributed by atoms with Crippen molar-refractivity contribution in [2.45, 2.75) is 26.4 Å². The zero-order valence-corrected chi connectivity index (χ0v) is 12.2. The van der Waals surface area contributed by atoms with Crippen LogP contribution in [0, 0.1) is 5.92 Å². The minimum absolute atomic E-state index is 0.0348. The van der Waals surface area contributed by atoms with Crippen molar-refractivity contribution in [3.63, 3.8) is 0 Å². The molecule has 0 radical (unpaired) electrons. The fourth-order valence-corrected chi connectivity index (χ4v) is 2.54. The quantitative estimate of drug-likeness (QED) is 0.899. The summed E-state index contributed by atoms with van der Waals surface area (Å²) in [5.74, 6) is 0.343. The van der Waals surface area contributed by atoms with E-state index in [4.69, 9.17) is 4.74 Å². The lowest BCUT2D eigenvalue weighted by atomic mass is 10.1. The van der Waals surface area contributed by atoms with Crippen LogP contribution in [0.4, 0.5) is 0 Å². The van der Waals surface area contributed by atoms with Gasteiger partial charge >= 0.3 is 0 Å². The van der Waals surface area contributed by atoms with E-state index in [2.05, 4.69) is 34.2 Å². The van der Waals surface area contributed by atoms with E-state index in [1.165, 1.54) is 0 Å². The molecule has 1 aliphatic rings. The van der Waals surface area contributed by atoms with Gasteiger partial charge in [-0.25, -0.2) is 4.98 Å². The Balaban J connectivity index is 1.88. The molecule has 0 bridgehead atoms. The number of hydrogen-bond acceptors (Lipinski definition) is 5. The summed E-state index contributed by atoms with van der Waals surface area (Å²) in [5, 5.41) is 10.5. The number of aromatic amines is 1. The molecule has 1 atom stereocenters. The number of rotatable bonds is 2. The second kappa shape index (κ2) is 5.77.